The normalized spacial score (nSPS) is 10.8. The highest BCUT2D eigenvalue weighted by molar-refractivity contribution is 5.71. The number of oxazole rings is 2. The third-order valence-electron chi connectivity index (χ3n) is 3.51. The van der Waals surface area contributed by atoms with E-state index in [4.69, 9.17) is 8.83 Å². The number of benzene rings is 2. The molecule has 23 heavy (non-hydrogen) atoms. The van der Waals surface area contributed by atoms with Gasteiger partial charge in [-0.05, 0) is 18.2 Å². The molecule has 0 bridgehead atoms. The average molecular weight is 304 g/mol. The summed E-state index contributed by atoms with van der Waals surface area (Å²) in [6, 6.07) is 14.9. The van der Waals surface area contributed by atoms with Crippen LogP contribution in [0.1, 0.15) is 0 Å². The van der Waals surface area contributed by atoms with E-state index in [2.05, 4.69) is 9.97 Å². The van der Waals surface area contributed by atoms with Crippen LogP contribution in [0, 0.1) is 0 Å². The maximum atomic E-state index is 10.2. The monoisotopic (exact) mass is 304 g/mol. The second-order valence-corrected chi connectivity index (χ2v) is 4.99. The minimum atomic E-state index is 0.0821. The van der Waals surface area contributed by atoms with E-state index in [1.165, 1.54) is 6.39 Å². The molecule has 5 nitrogen and oxygen atoms in total. The maximum absolute atomic E-state index is 10.2. The predicted octanol–water partition coefficient (Wildman–Crippen LogP) is 4.37. The average Bonchev–Trinajstić information content (AvgIpc) is 3.27. The molecular formula is C18H12N2O3. The van der Waals surface area contributed by atoms with Gasteiger partial charge in [-0.1, -0.05) is 30.3 Å². The van der Waals surface area contributed by atoms with Gasteiger partial charge in [-0.25, -0.2) is 9.97 Å². The Morgan fingerprint density at radius 3 is 2.48 bits per heavy atom. The van der Waals surface area contributed by atoms with Gasteiger partial charge in [-0.3, -0.25) is 0 Å². The van der Waals surface area contributed by atoms with Crippen LogP contribution < -0.4 is 0 Å². The summed E-state index contributed by atoms with van der Waals surface area (Å²) in [5.41, 5.74) is 2.21. The summed E-state index contributed by atoms with van der Waals surface area (Å²) >= 11 is 0. The van der Waals surface area contributed by atoms with E-state index in [1.807, 2.05) is 36.4 Å². The highest BCUT2D eigenvalue weighted by Gasteiger charge is 2.13. The van der Waals surface area contributed by atoms with Crippen LogP contribution >= 0.6 is 0 Å². The van der Waals surface area contributed by atoms with E-state index >= 15 is 0 Å². The molecular weight excluding hydrogens is 292 g/mol. The van der Waals surface area contributed by atoms with Gasteiger partial charge in [-0.15, -0.1) is 0 Å². The van der Waals surface area contributed by atoms with Crippen LogP contribution in [0.2, 0.25) is 0 Å². The fraction of sp³-hybridized carbons (Fsp3) is 0. The van der Waals surface area contributed by atoms with Gasteiger partial charge in [0.25, 0.3) is 0 Å². The largest absolute Gasteiger partial charge is 0.507 e. The molecule has 0 spiro atoms. The highest BCUT2D eigenvalue weighted by atomic mass is 16.4. The van der Waals surface area contributed by atoms with Crippen LogP contribution in [-0.4, -0.2) is 15.1 Å². The minimum Gasteiger partial charge on any atom is -0.507 e. The molecule has 1 N–H and O–H groups in total. The van der Waals surface area contributed by atoms with Crippen LogP contribution in [0.15, 0.2) is 76.2 Å². The molecule has 4 rings (SSSR count). The van der Waals surface area contributed by atoms with Crippen molar-refractivity contribution in [3.8, 4) is 39.9 Å². The molecule has 2 heterocycles. The van der Waals surface area contributed by atoms with E-state index in [-0.39, 0.29) is 5.75 Å². The van der Waals surface area contributed by atoms with Crippen molar-refractivity contribution in [2.24, 2.45) is 0 Å². The van der Waals surface area contributed by atoms with Crippen molar-refractivity contribution in [2.75, 3.05) is 0 Å². The van der Waals surface area contributed by atoms with E-state index in [0.29, 0.717) is 28.5 Å². The molecule has 0 amide bonds. The van der Waals surface area contributed by atoms with Crippen LogP contribution in [0.25, 0.3) is 34.1 Å². The molecule has 2 aromatic carbocycles. The Labute approximate surface area is 131 Å². The number of hydrogen-bond acceptors (Lipinski definition) is 5. The molecule has 0 aliphatic rings. The molecule has 4 aromatic rings. The molecule has 5 heteroatoms. The summed E-state index contributed by atoms with van der Waals surface area (Å²) in [6.45, 7) is 0. The summed E-state index contributed by atoms with van der Waals surface area (Å²) < 4.78 is 11.0. The summed E-state index contributed by atoms with van der Waals surface area (Å²) in [5, 5.41) is 10.2. The quantitative estimate of drug-likeness (QED) is 0.608. The summed E-state index contributed by atoms with van der Waals surface area (Å²) in [4.78, 5) is 8.13. The number of hydrogen-bond donors (Lipinski definition) is 1. The second-order valence-electron chi connectivity index (χ2n) is 4.99. The molecule has 0 aliphatic heterocycles. The third-order valence-corrected chi connectivity index (χ3v) is 3.51. The lowest BCUT2D eigenvalue weighted by Crippen LogP contribution is -1.80. The van der Waals surface area contributed by atoms with E-state index in [0.717, 1.165) is 5.56 Å². The number of phenols is 1. The Morgan fingerprint density at radius 2 is 1.74 bits per heavy atom. The first-order valence-corrected chi connectivity index (χ1v) is 7.05. The first-order valence-electron chi connectivity index (χ1n) is 7.05. The van der Waals surface area contributed by atoms with Gasteiger partial charge in [-0.2, -0.15) is 0 Å². The Balaban J connectivity index is 1.69. The predicted molar refractivity (Wildman–Crippen MR) is 84.5 cm³/mol. The lowest BCUT2D eigenvalue weighted by molar-refractivity contribution is 0.473. The molecule has 0 aliphatic carbocycles. The lowest BCUT2D eigenvalue weighted by Gasteiger charge is -2.02. The number of aromatic nitrogens is 2. The van der Waals surface area contributed by atoms with E-state index in [9.17, 15) is 5.11 Å². The van der Waals surface area contributed by atoms with Gasteiger partial charge in [0.05, 0.1) is 18.0 Å². The fourth-order valence-corrected chi connectivity index (χ4v) is 2.37. The second kappa shape index (κ2) is 5.46. The Hall–Kier alpha value is -3.34. The van der Waals surface area contributed by atoms with Crippen molar-refractivity contribution in [2.45, 2.75) is 0 Å². The lowest BCUT2D eigenvalue weighted by atomic mass is 10.1. The number of aromatic hydroxyl groups is 1. The Bertz CT molecular complexity index is 928. The van der Waals surface area contributed by atoms with E-state index in [1.54, 1.807) is 24.5 Å². The zero-order chi connectivity index (χ0) is 15.6. The first-order chi connectivity index (χ1) is 11.3. The smallest absolute Gasteiger partial charge is 0.226 e. The van der Waals surface area contributed by atoms with Gasteiger partial charge in [0.15, 0.2) is 17.9 Å². The third kappa shape index (κ3) is 2.48. The molecule has 0 unspecified atom stereocenters. The van der Waals surface area contributed by atoms with Crippen molar-refractivity contribution in [1.29, 1.82) is 0 Å². The molecule has 0 radical (unpaired) electrons. The molecule has 0 atom stereocenters. The van der Waals surface area contributed by atoms with E-state index < -0.39 is 0 Å². The van der Waals surface area contributed by atoms with Gasteiger partial charge in [0, 0.05) is 11.1 Å². The van der Waals surface area contributed by atoms with Gasteiger partial charge < -0.3 is 13.9 Å². The zero-order valence-corrected chi connectivity index (χ0v) is 12.0. The molecule has 2 aromatic heterocycles. The standard InChI is InChI=1S/C18H12N2O3/c21-15-8-13(6-7-14(15)17-9-19-11-22-17)18-20-10-16(23-18)12-4-2-1-3-5-12/h1-11,21H. The number of nitrogens with zero attached hydrogens (tertiary/aromatic N) is 2. The van der Waals surface area contributed by atoms with Crippen LogP contribution in [0.3, 0.4) is 0 Å². The SMILES string of the molecule is Oc1cc(-c2ncc(-c3ccccc3)o2)ccc1-c1cnco1. The van der Waals surface area contributed by atoms with Crippen LogP contribution in [0.4, 0.5) is 0 Å². The molecule has 0 saturated heterocycles. The number of phenolic OH excluding ortho intramolecular Hbond substituents is 1. The van der Waals surface area contributed by atoms with Crippen molar-refractivity contribution in [1.82, 2.24) is 9.97 Å². The van der Waals surface area contributed by atoms with Crippen molar-refractivity contribution in [3.05, 3.63) is 67.3 Å². The fourth-order valence-electron chi connectivity index (χ4n) is 2.37. The minimum absolute atomic E-state index is 0.0821. The molecule has 0 saturated carbocycles. The summed E-state index contributed by atoms with van der Waals surface area (Å²) in [7, 11) is 0. The van der Waals surface area contributed by atoms with Crippen molar-refractivity contribution >= 4 is 0 Å². The summed E-state index contributed by atoms with van der Waals surface area (Å²) in [5.74, 6) is 1.72. The van der Waals surface area contributed by atoms with Gasteiger partial charge >= 0.3 is 0 Å². The summed E-state index contributed by atoms with van der Waals surface area (Å²) in [6.07, 6.45) is 4.54. The van der Waals surface area contributed by atoms with Crippen LogP contribution in [0.5, 0.6) is 5.75 Å². The Morgan fingerprint density at radius 1 is 0.870 bits per heavy atom. The number of rotatable bonds is 3. The van der Waals surface area contributed by atoms with Crippen molar-refractivity contribution in [3.63, 3.8) is 0 Å². The van der Waals surface area contributed by atoms with Gasteiger partial charge in [0.1, 0.15) is 5.75 Å². The molecule has 112 valence electrons. The Kier molecular flexibility index (Phi) is 3.16. The maximum Gasteiger partial charge on any atom is 0.226 e. The highest BCUT2D eigenvalue weighted by Crippen LogP contribution is 2.34. The molecule has 0 fully saturated rings. The topological polar surface area (TPSA) is 72.3 Å². The zero-order valence-electron chi connectivity index (χ0n) is 12.0. The van der Waals surface area contributed by atoms with Crippen LogP contribution in [-0.2, 0) is 0 Å². The van der Waals surface area contributed by atoms with Gasteiger partial charge in [0.2, 0.25) is 5.89 Å². The van der Waals surface area contributed by atoms with Crippen molar-refractivity contribution < 1.29 is 13.9 Å². The first kappa shape index (κ1) is 13.3.